The van der Waals surface area contributed by atoms with Crippen molar-refractivity contribution in [2.75, 3.05) is 0 Å². The standard InChI is InChI=1S/C13H7F4NO2S/c14-8-2-3-10(9(5-8)12(19)20)21-11-4-1-7(6-18-11)13(15,16)17/h1-6H,(H,19,20). The Morgan fingerprint density at radius 3 is 2.43 bits per heavy atom. The molecule has 0 saturated heterocycles. The number of rotatable bonds is 3. The Kier molecular flexibility index (Phi) is 4.17. The van der Waals surface area contributed by atoms with Crippen molar-refractivity contribution in [3.63, 3.8) is 0 Å². The van der Waals surface area contributed by atoms with E-state index in [9.17, 15) is 22.4 Å². The summed E-state index contributed by atoms with van der Waals surface area (Å²) in [7, 11) is 0. The van der Waals surface area contributed by atoms with Crippen molar-refractivity contribution in [2.45, 2.75) is 16.1 Å². The van der Waals surface area contributed by atoms with Crippen LogP contribution in [0, 0.1) is 5.82 Å². The van der Waals surface area contributed by atoms with Crippen LogP contribution in [0.2, 0.25) is 0 Å². The van der Waals surface area contributed by atoms with Crippen LogP contribution in [0.25, 0.3) is 0 Å². The molecular weight excluding hydrogens is 310 g/mol. The lowest BCUT2D eigenvalue weighted by Gasteiger charge is -2.08. The van der Waals surface area contributed by atoms with E-state index in [2.05, 4.69) is 4.98 Å². The topological polar surface area (TPSA) is 50.2 Å². The zero-order valence-electron chi connectivity index (χ0n) is 10.2. The van der Waals surface area contributed by atoms with Gasteiger partial charge in [-0.3, -0.25) is 0 Å². The van der Waals surface area contributed by atoms with Gasteiger partial charge in [-0.25, -0.2) is 14.2 Å². The normalized spacial score (nSPS) is 11.4. The predicted octanol–water partition coefficient (Wildman–Crippen LogP) is 4.09. The van der Waals surface area contributed by atoms with Gasteiger partial charge in [0, 0.05) is 11.1 Å². The summed E-state index contributed by atoms with van der Waals surface area (Å²) < 4.78 is 50.2. The van der Waals surface area contributed by atoms with E-state index in [1.165, 1.54) is 6.07 Å². The number of hydrogen-bond donors (Lipinski definition) is 1. The smallest absolute Gasteiger partial charge is 0.417 e. The van der Waals surface area contributed by atoms with Crippen molar-refractivity contribution in [2.24, 2.45) is 0 Å². The van der Waals surface area contributed by atoms with E-state index in [0.717, 1.165) is 36.0 Å². The largest absolute Gasteiger partial charge is 0.478 e. The first-order valence-corrected chi connectivity index (χ1v) is 6.33. The lowest BCUT2D eigenvalue weighted by atomic mass is 10.2. The third kappa shape index (κ3) is 3.72. The Morgan fingerprint density at radius 1 is 1.19 bits per heavy atom. The molecule has 1 aromatic heterocycles. The molecule has 2 rings (SSSR count). The Bertz CT molecular complexity index is 671. The summed E-state index contributed by atoms with van der Waals surface area (Å²) in [5.74, 6) is -2.04. The first kappa shape index (κ1) is 15.3. The van der Waals surface area contributed by atoms with E-state index in [-0.39, 0.29) is 15.5 Å². The van der Waals surface area contributed by atoms with Crippen molar-refractivity contribution >= 4 is 17.7 Å². The first-order chi connectivity index (χ1) is 9.77. The maximum Gasteiger partial charge on any atom is 0.417 e. The van der Waals surface area contributed by atoms with Gasteiger partial charge in [0.1, 0.15) is 10.8 Å². The average Bonchev–Trinajstić information content (AvgIpc) is 2.40. The minimum absolute atomic E-state index is 0.178. The molecule has 0 aliphatic carbocycles. The summed E-state index contributed by atoms with van der Waals surface area (Å²) in [4.78, 5) is 14.8. The number of halogens is 4. The minimum Gasteiger partial charge on any atom is -0.478 e. The van der Waals surface area contributed by atoms with E-state index in [0.29, 0.717) is 6.20 Å². The van der Waals surface area contributed by atoms with Crippen LogP contribution in [-0.2, 0) is 6.18 Å². The molecule has 0 unspecified atom stereocenters. The molecule has 0 saturated carbocycles. The van der Waals surface area contributed by atoms with Crippen molar-refractivity contribution < 1.29 is 27.5 Å². The molecule has 0 aliphatic heterocycles. The van der Waals surface area contributed by atoms with E-state index >= 15 is 0 Å². The Balaban J connectivity index is 2.28. The molecule has 0 bridgehead atoms. The summed E-state index contributed by atoms with van der Waals surface area (Å²) in [6.07, 6.45) is -3.83. The maximum atomic E-state index is 13.0. The van der Waals surface area contributed by atoms with Crippen LogP contribution in [0.3, 0.4) is 0 Å². The Hall–Kier alpha value is -2.09. The monoisotopic (exact) mass is 317 g/mol. The van der Waals surface area contributed by atoms with Gasteiger partial charge in [0.25, 0.3) is 0 Å². The van der Waals surface area contributed by atoms with Crippen LogP contribution >= 0.6 is 11.8 Å². The molecule has 2 aromatic rings. The first-order valence-electron chi connectivity index (χ1n) is 5.51. The van der Waals surface area contributed by atoms with E-state index < -0.39 is 23.5 Å². The molecule has 110 valence electrons. The number of alkyl halides is 3. The molecule has 0 amide bonds. The fourth-order valence-electron chi connectivity index (χ4n) is 1.48. The molecule has 1 aromatic carbocycles. The van der Waals surface area contributed by atoms with Gasteiger partial charge in [-0.15, -0.1) is 0 Å². The minimum atomic E-state index is -4.49. The number of benzene rings is 1. The molecule has 0 fully saturated rings. The number of aromatic carboxylic acids is 1. The van der Waals surface area contributed by atoms with E-state index in [1.807, 2.05) is 0 Å². The fourth-order valence-corrected chi connectivity index (χ4v) is 2.34. The average molecular weight is 317 g/mol. The molecule has 0 atom stereocenters. The van der Waals surface area contributed by atoms with Crippen molar-refractivity contribution in [3.05, 3.63) is 53.5 Å². The number of carboxylic acid groups (broad SMARTS) is 1. The predicted molar refractivity (Wildman–Crippen MR) is 66.7 cm³/mol. The van der Waals surface area contributed by atoms with Gasteiger partial charge in [-0.2, -0.15) is 13.2 Å². The number of carboxylic acids is 1. The highest BCUT2D eigenvalue weighted by atomic mass is 32.2. The molecule has 0 radical (unpaired) electrons. The molecule has 1 heterocycles. The van der Waals surface area contributed by atoms with Crippen LogP contribution in [-0.4, -0.2) is 16.1 Å². The van der Waals surface area contributed by atoms with Crippen LogP contribution in [0.15, 0.2) is 46.5 Å². The zero-order chi connectivity index (χ0) is 15.6. The molecule has 1 N–H and O–H groups in total. The second kappa shape index (κ2) is 5.72. The van der Waals surface area contributed by atoms with Gasteiger partial charge in [0.15, 0.2) is 0 Å². The maximum absolute atomic E-state index is 13.0. The lowest BCUT2D eigenvalue weighted by Crippen LogP contribution is -2.05. The summed E-state index contributed by atoms with van der Waals surface area (Å²) in [5.41, 5.74) is -1.17. The van der Waals surface area contributed by atoms with Crippen molar-refractivity contribution in [3.8, 4) is 0 Å². The van der Waals surface area contributed by atoms with Gasteiger partial charge in [0.2, 0.25) is 0 Å². The molecule has 8 heteroatoms. The van der Waals surface area contributed by atoms with Crippen LogP contribution in [0.4, 0.5) is 17.6 Å². The van der Waals surface area contributed by atoms with Crippen molar-refractivity contribution in [1.29, 1.82) is 0 Å². The van der Waals surface area contributed by atoms with Gasteiger partial charge in [-0.05, 0) is 30.3 Å². The fraction of sp³-hybridized carbons (Fsp3) is 0.0769. The molecular formula is C13H7F4NO2S. The Labute approximate surface area is 120 Å². The lowest BCUT2D eigenvalue weighted by molar-refractivity contribution is -0.137. The highest BCUT2D eigenvalue weighted by molar-refractivity contribution is 7.99. The zero-order valence-corrected chi connectivity index (χ0v) is 11.0. The summed E-state index contributed by atoms with van der Waals surface area (Å²) in [5, 5.41) is 9.15. The third-order valence-corrected chi connectivity index (χ3v) is 3.48. The molecule has 3 nitrogen and oxygen atoms in total. The van der Waals surface area contributed by atoms with Crippen LogP contribution in [0.1, 0.15) is 15.9 Å². The number of pyridine rings is 1. The molecule has 0 spiro atoms. The molecule has 21 heavy (non-hydrogen) atoms. The van der Waals surface area contributed by atoms with E-state index in [4.69, 9.17) is 5.11 Å². The van der Waals surface area contributed by atoms with Crippen LogP contribution < -0.4 is 0 Å². The van der Waals surface area contributed by atoms with Crippen molar-refractivity contribution in [1.82, 2.24) is 4.98 Å². The second-order valence-corrected chi connectivity index (χ2v) is 4.99. The number of carbonyl (C=O) groups is 1. The van der Waals surface area contributed by atoms with Gasteiger partial charge < -0.3 is 5.11 Å². The third-order valence-electron chi connectivity index (χ3n) is 2.45. The summed E-state index contributed by atoms with van der Waals surface area (Å²) in [6.45, 7) is 0. The van der Waals surface area contributed by atoms with Gasteiger partial charge in [-0.1, -0.05) is 11.8 Å². The quantitative estimate of drug-likeness (QED) is 0.866. The van der Waals surface area contributed by atoms with Gasteiger partial charge >= 0.3 is 12.1 Å². The highest BCUT2D eigenvalue weighted by Crippen LogP contribution is 2.33. The summed E-state index contributed by atoms with van der Waals surface area (Å²) in [6, 6.07) is 5.12. The SMILES string of the molecule is O=C(O)c1cc(F)ccc1Sc1ccc(C(F)(F)F)cn1. The number of aromatic nitrogens is 1. The van der Waals surface area contributed by atoms with Crippen LogP contribution in [0.5, 0.6) is 0 Å². The highest BCUT2D eigenvalue weighted by Gasteiger charge is 2.30. The van der Waals surface area contributed by atoms with E-state index in [1.54, 1.807) is 0 Å². The Morgan fingerprint density at radius 2 is 1.90 bits per heavy atom. The molecule has 0 aliphatic rings. The summed E-state index contributed by atoms with van der Waals surface area (Å²) >= 11 is 0.845. The second-order valence-electron chi connectivity index (χ2n) is 3.93. The van der Waals surface area contributed by atoms with Gasteiger partial charge in [0.05, 0.1) is 11.1 Å². The number of nitrogens with zero attached hydrogens (tertiary/aromatic N) is 1. The number of hydrogen-bond acceptors (Lipinski definition) is 3.